The smallest absolute Gasteiger partial charge is 0.193 e. The first-order valence-electron chi connectivity index (χ1n) is 4.04. The monoisotopic (exact) mass is 209 g/mol. The highest BCUT2D eigenvalue weighted by molar-refractivity contribution is 6.30. The lowest BCUT2D eigenvalue weighted by atomic mass is 10.3. The van der Waals surface area contributed by atoms with E-state index in [9.17, 15) is 0 Å². The second-order valence-corrected chi connectivity index (χ2v) is 3.21. The number of halogens is 1. The van der Waals surface area contributed by atoms with Crippen LogP contribution in [0.1, 0.15) is 11.4 Å². The van der Waals surface area contributed by atoms with Gasteiger partial charge in [0.05, 0.1) is 11.4 Å². The molecule has 0 fully saturated rings. The van der Waals surface area contributed by atoms with Crippen LogP contribution in [-0.2, 0) is 0 Å². The first kappa shape index (κ1) is 9.08. The van der Waals surface area contributed by atoms with Crippen molar-refractivity contribution in [3.05, 3.63) is 29.2 Å². The lowest BCUT2D eigenvalue weighted by molar-refractivity contribution is 0.823. The summed E-state index contributed by atoms with van der Waals surface area (Å²) >= 11 is 5.93. The highest BCUT2D eigenvalue weighted by Gasteiger charge is 2.08. The molecule has 0 saturated heterocycles. The van der Waals surface area contributed by atoms with Crippen LogP contribution in [0.5, 0.6) is 0 Å². The van der Waals surface area contributed by atoms with Crippen molar-refractivity contribution < 1.29 is 0 Å². The zero-order valence-corrected chi connectivity index (χ0v) is 8.52. The number of aryl methyl sites for hydroxylation is 2. The zero-order valence-electron chi connectivity index (χ0n) is 7.77. The minimum Gasteiger partial charge on any atom is -0.236 e. The highest BCUT2D eigenvalue weighted by Crippen LogP contribution is 2.15. The van der Waals surface area contributed by atoms with Crippen molar-refractivity contribution in [2.24, 2.45) is 0 Å². The molecule has 0 radical (unpaired) electrons. The third-order valence-electron chi connectivity index (χ3n) is 1.88. The molecule has 14 heavy (non-hydrogen) atoms. The quantitative estimate of drug-likeness (QED) is 0.711. The van der Waals surface area contributed by atoms with Crippen LogP contribution in [0.2, 0.25) is 5.15 Å². The van der Waals surface area contributed by atoms with Crippen molar-refractivity contribution in [1.82, 2.24) is 24.7 Å². The van der Waals surface area contributed by atoms with Gasteiger partial charge in [0.15, 0.2) is 11.0 Å². The van der Waals surface area contributed by atoms with Gasteiger partial charge in [0.2, 0.25) is 0 Å². The van der Waals surface area contributed by atoms with E-state index in [2.05, 4.69) is 20.1 Å². The van der Waals surface area contributed by atoms with Crippen LogP contribution in [-0.4, -0.2) is 24.7 Å². The Hall–Kier alpha value is -1.49. The van der Waals surface area contributed by atoms with Gasteiger partial charge in [-0.1, -0.05) is 11.6 Å². The highest BCUT2D eigenvalue weighted by atomic mass is 35.5. The molecule has 72 valence electrons. The number of aromatic nitrogens is 5. The Kier molecular flexibility index (Phi) is 2.17. The SMILES string of the molecule is Cc1nc(Cl)c(-n2cncn2)nc1C. The van der Waals surface area contributed by atoms with Crippen molar-refractivity contribution in [2.75, 3.05) is 0 Å². The second kappa shape index (κ2) is 3.34. The molecule has 0 aliphatic rings. The Morgan fingerprint density at radius 3 is 2.57 bits per heavy atom. The predicted octanol–water partition coefficient (Wildman–Crippen LogP) is 1.33. The van der Waals surface area contributed by atoms with Crippen LogP contribution >= 0.6 is 11.6 Å². The van der Waals surface area contributed by atoms with E-state index in [0.717, 1.165) is 11.4 Å². The van der Waals surface area contributed by atoms with Gasteiger partial charge in [-0.3, -0.25) is 0 Å². The fourth-order valence-corrected chi connectivity index (χ4v) is 1.28. The largest absolute Gasteiger partial charge is 0.236 e. The maximum absolute atomic E-state index is 5.93. The van der Waals surface area contributed by atoms with Gasteiger partial charge in [-0.15, -0.1) is 0 Å². The summed E-state index contributed by atoms with van der Waals surface area (Å²) in [5, 5.41) is 4.27. The predicted molar refractivity (Wildman–Crippen MR) is 51.4 cm³/mol. The summed E-state index contributed by atoms with van der Waals surface area (Å²) in [6.07, 6.45) is 2.96. The van der Waals surface area contributed by atoms with Gasteiger partial charge in [0.25, 0.3) is 0 Å². The molecule has 0 aromatic carbocycles. The van der Waals surface area contributed by atoms with E-state index in [1.165, 1.54) is 17.3 Å². The van der Waals surface area contributed by atoms with E-state index >= 15 is 0 Å². The summed E-state index contributed by atoms with van der Waals surface area (Å²) in [6, 6.07) is 0. The fraction of sp³-hybridized carbons (Fsp3) is 0.250. The molecule has 0 saturated carbocycles. The summed E-state index contributed by atoms with van der Waals surface area (Å²) in [5.41, 5.74) is 1.65. The summed E-state index contributed by atoms with van der Waals surface area (Å²) in [4.78, 5) is 12.2. The summed E-state index contributed by atoms with van der Waals surface area (Å²) in [6.45, 7) is 3.73. The molecule has 0 aliphatic carbocycles. The van der Waals surface area contributed by atoms with Crippen molar-refractivity contribution in [2.45, 2.75) is 13.8 Å². The Morgan fingerprint density at radius 1 is 1.21 bits per heavy atom. The van der Waals surface area contributed by atoms with Crippen LogP contribution in [0.25, 0.3) is 5.82 Å². The minimum absolute atomic E-state index is 0.332. The molecule has 0 aliphatic heterocycles. The van der Waals surface area contributed by atoms with Gasteiger partial charge in [0, 0.05) is 0 Å². The van der Waals surface area contributed by atoms with Crippen LogP contribution in [0.3, 0.4) is 0 Å². The average Bonchev–Trinajstić information content (AvgIpc) is 2.64. The lowest BCUT2D eigenvalue weighted by Gasteiger charge is -2.04. The van der Waals surface area contributed by atoms with Gasteiger partial charge in [-0.2, -0.15) is 9.78 Å². The summed E-state index contributed by atoms with van der Waals surface area (Å²) in [7, 11) is 0. The Balaban J connectivity index is 2.60. The van der Waals surface area contributed by atoms with E-state index in [0.29, 0.717) is 11.0 Å². The second-order valence-electron chi connectivity index (χ2n) is 2.85. The molecular formula is C8H8ClN5. The van der Waals surface area contributed by atoms with Gasteiger partial charge < -0.3 is 0 Å². The van der Waals surface area contributed by atoms with E-state index in [1.807, 2.05) is 13.8 Å². The van der Waals surface area contributed by atoms with E-state index in [1.54, 1.807) is 0 Å². The third-order valence-corrected chi connectivity index (χ3v) is 2.14. The topological polar surface area (TPSA) is 56.5 Å². The first-order chi connectivity index (χ1) is 6.68. The van der Waals surface area contributed by atoms with E-state index in [4.69, 9.17) is 11.6 Å². The molecule has 0 N–H and O–H groups in total. The molecule has 0 bridgehead atoms. The number of hydrogen-bond acceptors (Lipinski definition) is 4. The molecule has 2 rings (SSSR count). The molecule has 0 amide bonds. The normalized spacial score (nSPS) is 10.5. The summed E-state index contributed by atoms with van der Waals surface area (Å²) in [5.74, 6) is 0.507. The van der Waals surface area contributed by atoms with E-state index in [-0.39, 0.29) is 0 Å². The molecule has 2 heterocycles. The van der Waals surface area contributed by atoms with Crippen LogP contribution in [0.4, 0.5) is 0 Å². The third kappa shape index (κ3) is 1.46. The van der Waals surface area contributed by atoms with Gasteiger partial charge in [0.1, 0.15) is 12.7 Å². The fourth-order valence-electron chi connectivity index (χ4n) is 1.03. The van der Waals surface area contributed by atoms with Crippen LogP contribution in [0, 0.1) is 13.8 Å². The van der Waals surface area contributed by atoms with E-state index < -0.39 is 0 Å². The number of nitrogens with zero attached hydrogens (tertiary/aromatic N) is 5. The number of rotatable bonds is 1. The van der Waals surface area contributed by atoms with Crippen molar-refractivity contribution in [3.8, 4) is 5.82 Å². The van der Waals surface area contributed by atoms with Crippen LogP contribution in [0.15, 0.2) is 12.7 Å². The van der Waals surface area contributed by atoms with Gasteiger partial charge in [-0.05, 0) is 13.8 Å². The maximum Gasteiger partial charge on any atom is 0.193 e. The zero-order chi connectivity index (χ0) is 10.1. The molecule has 5 nitrogen and oxygen atoms in total. The molecule has 6 heteroatoms. The van der Waals surface area contributed by atoms with Crippen LogP contribution < -0.4 is 0 Å². The standard InChI is InChI=1S/C8H8ClN5/c1-5-6(2)13-8(7(9)12-5)14-4-10-3-11-14/h3-4H,1-2H3. The number of hydrogen-bond donors (Lipinski definition) is 0. The van der Waals surface area contributed by atoms with Gasteiger partial charge in [-0.25, -0.2) is 15.0 Å². The average molecular weight is 210 g/mol. The molecule has 0 spiro atoms. The Bertz CT molecular complexity index is 451. The Labute approximate surface area is 85.8 Å². The first-order valence-corrected chi connectivity index (χ1v) is 4.42. The van der Waals surface area contributed by atoms with Crippen molar-refractivity contribution in [3.63, 3.8) is 0 Å². The maximum atomic E-state index is 5.93. The molecular weight excluding hydrogens is 202 g/mol. The Morgan fingerprint density at radius 2 is 1.93 bits per heavy atom. The van der Waals surface area contributed by atoms with Crippen molar-refractivity contribution in [1.29, 1.82) is 0 Å². The minimum atomic E-state index is 0.332. The lowest BCUT2D eigenvalue weighted by Crippen LogP contribution is -2.04. The van der Waals surface area contributed by atoms with Gasteiger partial charge >= 0.3 is 0 Å². The molecule has 2 aromatic heterocycles. The molecule has 0 atom stereocenters. The summed E-state index contributed by atoms with van der Waals surface area (Å²) < 4.78 is 1.49. The van der Waals surface area contributed by atoms with Crippen molar-refractivity contribution >= 4 is 11.6 Å². The molecule has 2 aromatic rings. The molecule has 0 unspecified atom stereocenters.